The Kier molecular flexibility index (Phi) is 6.19. The van der Waals surface area contributed by atoms with E-state index in [9.17, 15) is 9.59 Å². The summed E-state index contributed by atoms with van der Waals surface area (Å²) in [6.45, 7) is 0.482. The van der Waals surface area contributed by atoms with Crippen molar-refractivity contribution in [2.24, 2.45) is 0 Å². The lowest BCUT2D eigenvalue weighted by Crippen LogP contribution is -2.15. The van der Waals surface area contributed by atoms with Crippen LogP contribution >= 0.6 is 23.2 Å². The molecule has 0 bridgehead atoms. The molecule has 0 saturated carbocycles. The van der Waals surface area contributed by atoms with Gasteiger partial charge < -0.3 is 15.7 Å². The van der Waals surface area contributed by atoms with Crippen LogP contribution in [0.3, 0.4) is 0 Å². The van der Waals surface area contributed by atoms with Gasteiger partial charge in [0, 0.05) is 28.0 Å². The number of amides is 1. The smallest absolute Gasteiger partial charge is 0.335 e. The van der Waals surface area contributed by atoms with Gasteiger partial charge in [0.1, 0.15) is 0 Å². The van der Waals surface area contributed by atoms with Crippen LogP contribution in [0.1, 0.15) is 26.3 Å². The molecule has 0 atom stereocenters. The van der Waals surface area contributed by atoms with Crippen molar-refractivity contribution in [2.45, 2.75) is 6.54 Å². The van der Waals surface area contributed by atoms with Crippen molar-refractivity contribution < 1.29 is 14.7 Å². The molecule has 0 aromatic heterocycles. The summed E-state index contributed by atoms with van der Waals surface area (Å²) in [5, 5.41) is 16.0. The lowest BCUT2D eigenvalue weighted by molar-refractivity contribution is 0.0696. The normalized spacial score (nSPS) is 10.4. The van der Waals surface area contributed by atoms with E-state index in [1.54, 1.807) is 24.3 Å². The van der Waals surface area contributed by atoms with Crippen LogP contribution in [0.2, 0.25) is 10.0 Å². The predicted molar refractivity (Wildman–Crippen MR) is 112 cm³/mol. The molecule has 3 rings (SSSR count). The van der Waals surface area contributed by atoms with E-state index in [2.05, 4.69) is 10.6 Å². The number of aromatic carboxylic acids is 1. The molecular weight excluding hydrogens is 399 g/mol. The molecule has 0 aliphatic rings. The number of carboxylic acid groups (broad SMARTS) is 1. The number of carboxylic acids is 1. The van der Waals surface area contributed by atoms with Gasteiger partial charge in [0.25, 0.3) is 5.91 Å². The zero-order valence-electron chi connectivity index (χ0n) is 14.6. The van der Waals surface area contributed by atoms with Gasteiger partial charge in [-0.25, -0.2) is 4.79 Å². The molecule has 0 heterocycles. The van der Waals surface area contributed by atoms with Crippen LogP contribution in [0, 0.1) is 0 Å². The summed E-state index contributed by atoms with van der Waals surface area (Å²) in [5.41, 5.74) is 2.58. The second-order valence-electron chi connectivity index (χ2n) is 6.01. The first-order valence-corrected chi connectivity index (χ1v) is 9.10. The van der Waals surface area contributed by atoms with Crippen molar-refractivity contribution in [3.8, 4) is 0 Å². The summed E-state index contributed by atoms with van der Waals surface area (Å²) in [7, 11) is 0. The number of benzene rings is 3. The minimum absolute atomic E-state index is 0.143. The highest BCUT2D eigenvalue weighted by Crippen LogP contribution is 2.23. The van der Waals surface area contributed by atoms with Crippen LogP contribution < -0.4 is 10.6 Å². The maximum atomic E-state index is 12.7. The van der Waals surface area contributed by atoms with Gasteiger partial charge in [-0.2, -0.15) is 0 Å². The van der Waals surface area contributed by atoms with Crippen molar-refractivity contribution in [3.05, 3.63) is 93.5 Å². The van der Waals surface area contributed by atoms with E-state index in [4.69, 9.17) is 28.3 Å². The third-order valence-corrected chi connectivity index (χ3v) is 4.46. The lowest BCUT2D eigenvalue weighted by Gasteiger charge is -2.13. The first-order valence-electron chi connectivity index (χ1n) is 8.35. The Labute approximate surface area is 171 Å². The molecule has 7 heteroatoms. The number of rotatable bonds is 6. The molecule has 3 aromatic carbocycles. The quantitative estimate of drug-likeness (QED) is 0.493. The molecule has 28 heavy (non-hydrogen) atoms. The van der Waals surface area contributed by atoms with Crippen molar-refractivity contribution >= 4 is 46.5 Å². The lowest BCUT2D eigenvalue weighted by atomic mass is 10.1. The van der Waals surface area contributed by atoms with E-state index in [1.807, 2.05) is 18.2 Å². The summed E-state index contributed by atoms with van der Waals surface area (Å²) in [6, 6.07) is 18.3. The third kappa shape index (κ3) is 5.03. The second kappa shape index (κ2) is 8.78. The molecule has 142 valence electrons. The molecule has 5 nitrogen and oxygen atoms in total. The van der Waals surface area contributed by atoms with Gasteiger partial charge >= 0.3 is 5.97 Å². The highest BCUT2D eigenvalue weighted by atomic mass is 35.5. The number of carbonyl (C=O) groups excluding carboxylic acids is 1. The van der Waals surface area contributed by atoms with Gasteiger partial charge in [-0.15, -0.1) is 0 Å². The molecule has 1 amide bonds. The first kappa shape index (κ1) is 19.7. The fourth-order valence-electron chi connectivity index (χ4n) is 2.60. The van der Waals surface area contributed by atoms with Crippen LogP contribution in [0.4, 0.5) is 11.4 Å². The summed E-state index contributed by atoms with van der Waals surface area (Å²) in [4.78, 5) is 23.7. The van der Waals surface area contributed by atoms with Crippen molar-refractivity contribution in [1.82, 2.24) is 0 Å². The Hall–Kier alpha value is -3.02. The van der Waals surface area contributed by atoms with E-state index >= 15 is 0 Å². The van der Waals surface area contributed by atoms with Crippen LogP contribution in [0.25, 0.3) is 0 Å². The number of hydrogen-bond acceptors (Lipinski definition) is 3. The largest absolute Gasteiger partial charge is 0.478 e. The number of nitrogens with one attached hydrogen (secondary N) is 2. The number of anilines is 2. The van der Waals surface area contributed by atoms with Crippen LogP contribution in [0.5, 0.6) is 0 Å². The molecule has 0 spiro atoms. The van der Waals surface area contributed by atoms with Crippen molar-refractivity contribution in [2.75, 3.05) is 10.6 Å². The van der Waals surface area contributed by atoms with Gasteiger partial charge in [-0.1, -0.05) is 35.3 Å². The van der Waals surface area contributed by atoms with Crippen molar-refractivity contribution in [3.63, 3.8) is 0 Å². The van der Waals surface area contributed by atoms with Crippen LogP contribution in [-0.4, -0.2) is 17.0 Å². The van der Waals surface area contributed by atoms with E-state index in [-0.39, 0.29) is 11.5 Å². The monoisotopic (exact) mass is 414 g/mol. The summed E-state index contributed by atoms with van der Waals surface area (Å²) in [6.07, 6.45) is 0. The van der Waals surface area contributed by atoms with Crippen LogP contribution in [0.15, 0.2) is 66.7 Å². The average molecular weight is 415 g/mol. The fourth-order valence-corrected chi connectivity index (χ4v) is 2.98. The van der Waals surface area contributed by atoms with Crippen molar-refractivity contribution in [1.29, 1.82) is 0 Å². The van der Waals surface area contributed by atoms with E-state index in [1.165, 1.54) is 24.3 Å². The Morgan fingerprint density at radius 1 is 0.893 bits per heavy atom. The average Bonchev–Trinajstić information content (AvgIpc) is 2.67. The molecule has 0 aliphatic carbocycles. The summed E-state index contributed by atoms with van der Waals surface area (Å²) in [5.74, 6) is -1.39. The van der Waals surface area contributed by atoms with Gasteiger partial charge in [-0.05, 0) is 60.2 Å². The van der Waals surface area contributed by atoms with E-state index in [0.717, 1.165) is 5.56 Å². The minimum Gasteiger partial charge on any atom is -0.478 e. The highest BCUT2D eigenvalue weighted by molar-refractivity contribution is 6.31. The fraction of sp³-hybridized carbons (Fsp3) is 0.0476. The maximum Gasteiger partial charge on any atom is 0.335 e. The topological polar surface area (TPSA) is 78.4 Å². The third-order valence-electron chi connectivity index (χ3n) is 3.99. The van der Waals surface area contributed by atoms with E-state index < -0.39 is 5.97 Å². The molecule has 0 aliphatic heterocycles. The maximum absolute atomic E-state index is 12.7. The Morgan fingerprint density at radius 3 is 2.29 bits per heavy atom. The molecule has 3 aromatic rings. The molecule has 0 saturated heterocycles. The zero-order chi connectivity index (χ0) is 20.1. The van der Waals surface area contributed by atoms with Gasteiger partial charge in [-0.3, -0.25) is 4.79 Å². The second-order valence-corrected chi connectivity index (χ2v) is 6.88. The minimum atomic E-state index is -1.03. The number of halogens is 2. The standard InChI is InChI=1S/C21H16Cl2N2O3/c22-15-3-1-2-13(10-15)12-24-19-9-6-16(23)11-18(19)20(26)25-17-7-4-14(5-8-17)21(27)28/h1-11,24H,12H2,(H,25,26)(H,27,28). The molecule has 0 unspecified atom stereocenters. The molecule has 3 N–H and O–H groups in total. The SMILES string of the molecule is O=C(O)c1ccc(NC(=O)c2cc(Cl)ccc2NCc2cccc(Cl)c2)cc1. The van der Waals surface area contributed by atoms with Crippen LogP contribution in [-0.2, 0) is 6.54 Å². The molecule has 0 fully saturated rings. The van der Waals surface area contributed by atoms with Gasteiger partial charge in [0.05, 0.1) is 11.1 Å². The van der Waals surface area contributed by atoms with E-state index in [0.29, 0.717) is 33.5 Å². The highest BCUT2D eigenvalue weighted by Gasteiger charge is 2.13. The molecular formula is C21H16Cl2N2O3. The zero-order valence-corrected chi connectivity index (χ0v) is 16.1. The number of carbonyl (C=O) groups is 2. The Morgan fingerprint density at radius 2 is 1.61 bits per heavy atom. The Balaban J connectivity index is 1.77. The summed E-state index contributed by atoms with van der Waals surface area (Å²) < 4.78 is 0. The predicted octanol–water partition coefficient (Wildman–Crippen LogP) is 5.56. The van der Waals surface area contributed by atoms with Gasteiger partial charge in [0.15, 0.2) is 0 Å². The first-order chi connectivity index (χ1) is 13.4. The van der Waals surface area contributed by atoms with Gasteiger partial charge in [0.2, 0.25) is 0 Å². The summed E-state index contributed by atoms with van der Waals surface area (Å²) >= 11 is 12.1. The number of hydrogen-bond donors (Lipinski definition) is 3. The molecule has 0 radical (unpaired) electrons. The Bertz CT molecular complexity index is 1020.